The van der Waals surface area contributed by atoms with Crippen LogP contribution < -0.4 is 9.47 Å². The van der Waals surface area contributed by atoms with Crippen molar-refractivity contribution in [2.45, 2.75) is 6.92 Å². The van der Waals surface area contributed by atoms with Crippen molar-refractivity contribution in [2.75, 3.05) is 0 Å². The molecule has 0 amide bonds. The van der Waals surface area contributed by atoms with E-state index in [2.05, 4.69) is 0 Å². The lowest BCUT2D eigenvalue weighted by atomic mass is 10.2. The second-order valence-electron chi connectivity index (χ2n) is 3.91. The fourth-order valence-electron chi connectivity index (χ4n) is 1.39. The van der Waals surface area contributed by atoms with Crippen molar-refractivity contribution in [2.24, 2.45) is 0 Å². The summed E-state index contributed by atoms with van der Waals surface area (Å²) < 4.78 is 9.75. The highest BCUT2D eigenvalue weighted by atomic mass is 16.6. The molecule has 2 aromatic rings. The van der Waals surface area contributed by atoms with Gasteiger partial charge in [0, 0.05) is 0 Å². The summed E-state index contributed by atoms with van der Waals surface area (Å²) in [5.74, 6) is -1.49. The summed E-state index contributed by atoms with van der Waals surface area (Å²) in [5, 5.41) is 0. The number of carbonyl (C=O) groups is 2. The summed E-state index contributed by atoms with van der Waals surface area (Å²) >= 11 is 0. The van der Waals surface area contributed by atoms with Gasteiger partial charge in [0.15, 0.2) is 0 Å². The second kappa shape index (κ2) is 5.82. The van der Waals surface area contributed by atoms with Crippen LogP contribution in [0.2, 0.25) is 0 Å². The average molecular weight is 256 g/mol. The fraction of sp³-hybridized carbons (Fsp3) is 0.0667. The van der Waals surface area contributed by atoms with Crippen molar-refractivity contribution < 1.29 is 19.1 Å². The van der Waals surface area contributed by atoms with Gasteiger partial charge in [-0.3, -0.25) is 0 Å². The minimum atomic E-state index is -1.05. The number of rotatable bonds is 2. The highest BCUT2D eigenvalue weighted by molar-refractivity contribution is 6.31. The lowest BCUT2D eigenvalue weighted by molar-refractivity contribution is -0.156. The molecular formula is C15H12O4. The van der Waals surface area contributed by atoms with Gasteiger partial charge < -0.3 is 9.47 Å². The van der Waals surface area contributed by atoms with Gasteiger partial charge in [-0.25, -0.2) is 9.59 Å². The first-order valence-electron chi connectivity index (χ1n) is 5.71. The van der Waals surface area contributed by atoms with Gasteiger partial charge in [-0.1, -0.05) is 35.9 Å². The van der Waals surface area contributed by atoms with E-state index in [9.17, 15) is 9.59 Å². The largest absolute Gasteiger partial charge is 0.423 e. The van der Waals surface area contributed by atoms with Gasteiger partial charge in [0.2, 0.25) is 0 Å². The first-order chi connectivity index (χ1) is 9.15. The number of hydrogen-bond acceptors (Lipinski definition) is 4. The van der Waals surface area contributed by atoms with E-state index < -0.39 is 11.9 Å². The summed E-state index contributed by atoms with van der Waals surface area (Å²) in [6, 6.07) is 15.1. The molecule has 0 spiro atoms. The Morgan fingerprint density at radius 3 is 1.74 bits per heavy atom. The lowest BCUT2D eigenvalue weighted by Gasteiger charge is -2.04. The maximum absolute atomic E-state index is 11.5. The van der Waals surface area contributed by atoms with Crippen molar-refractivity contribution in [3.63, 3.8) is 0 Å². The normalized spacial score (nSPS) is 9.74. The van der Waals surface area contributed by atoms with E-state index in [4.69, 9.17) is 9.47 Å². The summed E-state index contributed by atoms with van der Waals surface area (Å²) in [7, 11) is 0. The van der Waals surface area contributed by atoms with Gasteiger partial charge in [0.05, 0.1) is 0 Å². The molecule has 0 aromatic heterocycles. The number of aryl methyl sites for hydroxylation is 1. The summed E-state index contributed by atoms with van der Waals surface area (Å²) in [6.07, 6.45) is 0. The van der Waals surface area contributed by atoms with Crippen LogP contribution in [0.1, 0.15) is 5.56 Å². The molecule has 0 fully saturated rings. The van der Waals surface area contributed by atoms with Gasteiger partial charge >= 0.3 is 11.9 Å². The Kier molecular flexibility index (Phi) is 3.93. The highest BCUT2D eigenvalue weighted by Crippen LogP contribution is 2.13. The van der Waals surface area contributed by atoms with Crippen LogP contribution in [0.15, 0.2) is 54.6 Å². The molecule has 0 atom stereocenters. The summed E-state index contributed by atoms with van der Waals surface area (Å²) in [4.78, 5) is 23.0. The molecule has 0 aliphatic heterocycles. The quantitative estimate of drug-likeness (QED) is 0.470. The number of para-hydroxylation sites is 1. The monoisotopic (exact) mass is 256 g/mol. The first kappa shape index (κ1) is 12.8. The molecule has 0 bridgehead atoms. The zero-order chi connectivity index (χ0) is 13.7. The number of esters is 2. The molecule has 4 nitrogen and oxygen atoms in total. The van der Waals surface area contributed by atoms with Crippen LogP contribution in [0.4, 0.5) is 0 Å². The van der Waals surface area contributed by atoms with Crippen molar-refractivity contribution in [3.05, 3.63) is 60.2 Å². The topological polar surface area (TPSA) is 52.6 Å². The molecule has 0 radical (unpaired) electrons. The zero-order valence-corrected chi connectivity index (χ0v) is 10.3. The molecule has 4 heteroatoms. The number of carbonyl (C=O) groups excluding carboxylic acids is 2. The molecule has 96 valence electrons. The van der Waals surface area contributed by atoms with Gasteiger partial charge in [-0.05, 0) is 31.2 Å². The molecule has 19 heavy (non-hydrogen) atoms. The minimum absolute atomic E-state index is 0.299. The Balaban J connectivity index is 1.96. The van der Waals surface area contributed by atoms with Crippen molar-refractivity contribution in [1.82, 2.24) is 0 Å². The van der Waals surface area contributed by atoms with E-state index in [1.807, 2.05) is 6.92 Å². The molecular weight excluding hydrogens is 244 g/mol. The Morgan fingerprint density at radius 2 is 1.21 bits per heavy atom. The summed E-state index contributed by atoms with van der Waals surface area (Å²) in [6.45, 7) is 1.91. The Bertz CT molecular complexity index is 573. The SMILES string of the molecule is Cc1ccc(OC(=O)C(=O)Oc2ccccc2)cc1. The van der Waals surface area contributed by atoms with Crippen LogP contribution in [0, 0.1) is 6.92 Å². The van der Waals surface area contributed by atoms with Gasteiger partial charge in [0.1, 0.15) is 11.5 Å². The lowest BCUT2D eigenvalue weighted by Crippen LogP contribution is -2.25. The van der Waals surface area contributed by atoms with Crippen LogP contribution in [0.25, 0.3) is 0 Å². The van der Waals surface area contributed by atoms with Gasteiger partial charge in [-0.15, -0.1) is 0 Å². The van der Waals surface area contributed by atoms with Gasteiger partial charge in [0.25, 0.3) is 0 Å². The van der Waals surface area contributed by atoms with E-state index >= 15 is 0 Å². The van der Waals surface area contributed by atoms with E-state index in [0.717, 1.165) is 5.56 Å². The van der Waals surface area contributed by atoms with E-state index in [-0.39, 0.29) is 0 Å². The molecule has 0 unspecified atom stereocenters. The van der Waals surface area contributed by atoms with Crippen molar-refractivity contribution in [3.8, 4) is 11.5 Å². The summed E-state index contributed by atoms with van der Waals surface area (Å²) in [5.41, 5.74) is 1.03. The maximum Gasteiger partial charge on any atom is 0.423 e. The van der Waals surface area contributed by atoms with E-state index in [1.54, 1.807) is 54.6 Å². The predicted molar refractivity (Wildman–Crippen MR) is 68.9 cm³/mol. The van der Waals surface area contributed by atoms with Crippen molar-refractivity contribution in [1.29, 1.82) is 0 Å². The third-order valence-corrected chi connectivity index (χ3v) is 2.35. The zero-order valence-electron chi connectivity index (χ0n) is 10.3. The fourth-order valence-corrected chi connectivity index (χ4v) is 1.39. The minimum Gasteiger partial charge on any atom is -0.418 e. The molecule has 0 heterocycles. The molecule has 0 N–H and O–H groups in total. The molecule has 0 aliphatic carbocycles. The highest BCUT2D eigenvalue weighted by Gasteiger charge is 2.19. The maximum atomic E-state index is 11.5. The predicted octanol–water partition coefficient (Wildman–Crippen LogP) is 2.51. The second-order valence-corrected chi connectivity index (χ2v) is 3.91. The Hall–Kier alpha value is -2.62. The van der Waals surface area contributed by atoms with E-state index in [0.29, 0.717) is 11.5 Å². The standard InChI is InChI=1S/C15H12O4/c1-11-7-9-13(10-8-11)19-15(17)14(16)18-12-5-3-2-4-6-12/h2-10H,1H3. The van der Waals surface area contributed by atoms with E-state index in [1.165, 1.54) is 0 Å². The molecule has 0 saturated carbocycles. The molecule has 2 aromatic carbocycles. The van der Waals surface area contributed by atoms with Crippen LogP contribution in [0.3, 0.4) is 0 Å². The smallest absolute Gasteiger partial charge is 0.418 e. The van der Waals surface area contributed by atoms with Crippen LogP contribution >= 0.6 is 0 Å². The van der Waals surface area contributed by atoms with Crippen molar-refractivity contribution >= 4 is 11.9 Å². The van der Waals surface area contributed by atoms with Crippen LogP contribution in [0.5, 0.6) is 11.5 Å². The first-order valence-corrected chi connectivity index (χ1v) is 5.71. The number of benzene rings is 2. The Morgan fingerprint density at radius 1 is 0.737 bits per heavy atom. The third-order valence-electron chi connectivity index (χ3n) is 2.35. The molecule has 0 aliphatic rings. The van der Waals surface area contributed by atoms with Gasteiger partial charge in [-0.2, -0.15) is 0 Å². The third kappa shape index (κ3) is 3.67. The van der Waals surface area contributed by atoms with Crippen LogP contribution in [-0.2, 0) is 9.59 Å². The Labute approximate surface area is 110 Å². The molecule has 2 rings (SSSR count). The average Bonchev–Trinajstić information content (AvgIpc) is 2.42. The number of hydrogen-bond donors (Lipinski definition) is 0. The number of ether oxygens (including phenoxy) is 2. The molecule has 0 saturated heterocycles. The van der Waals surface area contributed by atoms with Crippen LogP contribution in [-0.4, -0.2) is 11.9 Å².